The molecule has 2 aromatic rings. The van der Waals surface area contributed by atoms with Gasteiger partial charge < -0.3 is 0 Å². The Bertz CT molecular complexity index is 870. The standard InChI is InChI=1S/C19H12N4/c1-2-6-15(7-3-1)17-14-18(16-9-12-20-13-10-16)23-19(22-17)8-4-5-11-21-23/h1-2,4,6,9-14H,5H2. The highest BCUT2D eigenvalue weighted by Gasteiger charge is 2.22. The van der Waals surface area contributed by atoms with Gasteiger partial charge in [0.25, 0.3) is 0 Å². The zero-order chi connectivity index (χ0) is 15.5. The summed E-state index contributed by atoms with van der Waals surface area (Å²) in [6, 6.07) is 15.7. The summed E-state index contributed by atoms with van der Waals surface area (Å²) in [5.74, 6) is 0.667. The second kappa shape index (κ2) is 5.76. The van der Waals surface area contributed by atoms with Crippen LogP contribution in [0.4, 0.5) is 0 Å². The number of aromatic nitrogens is 1. The Morgan fingerprint density at radius 2 is 2.04 bits per heavy atom. The summed E-state index contributed by atoms with van der Waals surface area (Å²) in [5, 5.41) is 6.30. The third-order valence-corrected chi connectivity index (χ3v) is 3.48. The Morgan fingerprint density at radius 1 is 1.13 bits per heavy atom. The molecule has 0 radical (unpaired) electrons. The van der Waals surface area contributed by atoms with Crippen molar-refractivity contribution in [2.24, 2.45) is 10.1 Å². The number of hydrogen-bond acceptors (Lipinski definition) is 4. The number of rotatable bonds is 2. The zero-order valence-electron chi connectivity index (χ0n) is 12.3. The van der Waals surface area contributed by atoms with Gasteiger partial charge in [-0.15, -0.1) is 0 Å². The van der Waals surface area contributed by atoms with Crippen molar-refractivity contribution in [3.05, 3.63) is 89.7 Å². The monoisotopic (exact) mass is 296 g/mol. The largest absolute Gasteiger partial charge is 0.265 e. The molecule has 0 fully saturated rings. The van der Waals surface area contributed by atoms with E-state index in [-0.39, 0.29) is 0 Å². The third kappa shape index (κ3) is 2.57. The van der Waals surface area contributed by atoms with E-state index in [0.29, 0.717) is 5.82 Å². The molecular formula is C19H12N4. The minimum Gasteiger partial charge on any atom is -0.265 e. The first kappa shape index (κ1) is 13.3. The lowest BCUT2D eigenvalue weighted by molar-refractivity contribution is 0.518. The van der Waals surface area contributed by atoms with Crippen molar-refractivity contribution >= 4 is 17.6 Å². The number of hydrazone groups is 1. The molecule has 0 amide bonds. The lowest BCUT2D eigenvalue weighted by Crippen LogP contribution is -2.20. The molecule has 0 unspecified atom stereocenters. The Kier molecular flexibility index (Phi) is 3.32. The number of allylic oxidation sites excluding steroid dienone is 2. The molecule has 108 valence electrons. The molecule has 0 bridgehead atoms. The van der Waals surface area contributed by atoms with Crippen molar-refractivity contribution in [2.75, 3.05) is 0 Å². The molecule has 0 N–H and O–H groups in total. The van der Waals surface area contributed by atoms with E-state index in [9.17, 15) is 0 Å². The van der Waals surface area contributed by atoms with Crippen LogP contribution in [0.3, 0.4) is 0 Å². The molecule has 0 atom stereocenters. The Hall–Kier alpha value is -3.41. The van der Waals surface area contributed by atoms with Crippen molar-refractivity contribution in [3.63, 3.8) is 0 Å². The normalized spacial score (nSPS) is 15.8. The van der Waals surface area contributed by atoms with E-state index < -0.39 is 0 Å². The van der Waals surface area contributed by atoms with E-state index in [0.717, 1.165) is 29.0 Å². The molecule has 0 spiro atoms. The van der Waals surface area contributed by atoms with Crippen molar-refractivity contribution in [2.45, 2.75) is 6.42 Å². The van der Waals surface area contributed by atoms with E-state index in [4.69, 9.17) is 0 Å². The number of aliphatic imine (C=N–C) groups is 1. The summed E-state index contributed by atoms with van der Waals surface area (Å²) in [6.07, 6.45) is 10.0. The molecule has 23 heavy (non-hydrogen) atoms. The lowest BCUT2D eigenvalue weighted by Gasteiger charge is -2.25. The van der Waals surface area contributed by atoms with Gasteiger partial charge in [-0.1, -0.05) is 23.9 Å². The second-order valence-electron chi connectivity index (χ2n) is 4.99. The van der Waals surface area contributed by atoms with Gasteiger partial charge >= 0.3 is 0 Å². The molecule has 4 heteroatoms. The second-order valence-corrected chi connectivity index (χ2v) is 4.99. The van der Waals surface area contributed by atoms with Crippen LogP contribution in [0.1, 0.15) is 17.5 Å². The van der Waals surface area contributed by atoms with Crippen LogP contribution < -0.4 is 0 Å². The Balaban J connectivity index is 1.90. The van der Waals surface area contributed by atoms with Gasteiger partial charge in [0.2, 0.25) is 0 Å². The van der Waals surface area contributed by atoms with Crippen molar-refractivity contribution in [1.29, 1.82) is 0 Å². The molecule has 0 aliphatic carbocycles. The minimum atomic E-state index is 0.667. The smallest absolute Gasteiger partial charge is 0.198 e. The number of nitrogens with zero attached hydrogens (tertiary/aromatic N) is 4. The summed E-state index contributed by atoms with van der Waals surface area (Å²) < 4.78 is 0. The predicted octanol–water partition coefficient (Wildman–Crippen LogP) is 3.21. The SMILES string of the molecule is C1=CCC=NN2C=1N=C(c1c#cccc1)C=C2c1ccncc1. The number of hydrogen-bond donors (Lipinski definition) is 0. The van der Waals surface area contributed by atoms with Crippen LogP contribution in [0.15, 0.2) is 76.5 Å². The van der Waals surface area contributed by atoms with Gasteiger partial charge in [0.15, 0.2) is 5.82 Å². The molecule has 4 rings (SSSR count). The van der Waals surface area contributed by atoms with Gasteiger partial charge in [-0.2, -0.15) is 5.10 Å². The maximum Gasteiger partial charge on any atom is 0.198 e. The molecular weight excluding hydrogens is 284 g/mol. The van der Waals surface area contributed by atoms with E-state index in [2.05, 4.69) is 32.9 Å². The van der Waals surface area contributed by atoms with Gasteiger partial charge in [-0.05, 0) is 36.4 Å². The van der Waals surface area contributed by atoms with Crippen molar-refractivity contribution in [1.82, 2.24) is 9.99 Å². The van der Waals surface area contributed by atoms with Gasteiger partial charge in [-0.3, -0.25) is 4.98 Å². The zero-order valence-corrected chi connectivity index (χ0v) is 12.3. The van der Waals surface area contributed by atoms with Crippen LogP contribution in [-0.4, -0.2) is 21.9 Å². The predicted molar refractivity (Wildman–Crippen MR) is 89.4 cm³/mol. The molecule has 2 aliphatic rings. The molecule has 0 saturated heterocycles. The summed E-state index contributed by atoms with van der Waals surface area (Å²) >= 11 is 0. The van der Waals surface area contributed by atoms with Crippen LogP contribution >= 0.6 is 0 Å². The highest BCUT2D eigenvalue weighted by Crippen LogP contribution is 2.29. The van der Waals surface area contributed by atoms with Crippen LogP contribution in [0, 0.1) is 12.1 Å². The molecule has 4 nitrogen and oxygen atoms in total. The van der Waals surface area contributed by atoms with E-state index in [1.54, 1.807) is 17.4 Å². The van der Waals surface area contributed by atoms with Crippen LogP contribution in [0.5, 0.6) is 0 Å². The fraction of sp³-hybridized carbons (Fsp3) is 0.0526. The van der Waals surface area contributed by atoms with Crippen LogP contribution in [0.2, 0.25) is 0 Å². The summed E-state index contributed by atoms with van der Waals surface area (Å²) in [7, 11) is 0. The fourth-order valence-corrected chi connectivity index (χ4v) is 2.41. The van der Waals surface area contributed by atoms with Crippen LogP contribution in [0.25, 0.3) is 5.70 Å². The van der Waals surface area contributed by atoms with Gasteiger partial charge in [-0.25, -0.2) is 10.0 Å². The topological polar surface area (TPSA) is 40.9 Å². The van der Waals surface area contributed by atoms with E-state index >= 15 is 0 Å². The first-order chi connectivity index (χ1) is 11.4. The molecule has 0 saturated carbocycles. The Labute approximate surface area is 134 Å². The minimum absolute atomic E-state index is 0.667. The maximum absolute atomic E-state index is 4.67. The average Bonchev–Trinajstić information content (AvgIpc) is 2.88. The number of pyridine rings is 1. The quantitative estimate of drug-likeness (QED) is 0.798. The molecule has 1 aromatic carbocycles. The third-order valence-electron chi connectivity index (χ3n) is 3.48. The summed E-state index contributed by atoms with van der Waals surface area (Å²) in [4.78, 5) is 8.76. The highest BCUT2D eigenvalue weighted by atomic mass is 15.5. The molecule has 1 aromatic heterocycles. The van der Waals surface area contributed by atoms with Gasteiger partial charge in [0.05, 0.1) is 17.0 Å². The lowest BCUT2D eigenvalue weighted by atomic mass is 10.1. The highest BCUT2D eigenvalue weighted by molar-refractivity contribution is 6.13. The van der Waals surface area contributed by atoms with Crippen molar-refractivity contribution in [3.8, 4) is 0 Å². The van der Waals surface area contributed by atoms with Crippen molar-refractivity contribution < 1.29 is 0 Å². The maximum atomic E-state index is 4.67. The fourth-order valence-electron chi connectivity index (χ4n) is 2.41. The van der Waals surface area contributed by atoms with Gasteiger partial charge in [0, 0.05) is 30.6 Å². The van der Waals surface area contributed by atoms with Gasteiger partial charge in [0.1, 0.15) is 0 Å². The number of fused-ring (bicyclic) bond motifs is 1. The summed E-state index contributed by atoms with van der Waals surface area (Å²) in [6.45, 7) is 0. The first-order valence-electron chi connectivity index (χ1n) is 7.29. The summed E-state index contributed by atoms with van der Waals surface area (Å²) in [5.41, 5.74) is 6.87. The molecule has 2 aliphatic heterocycles. The van der Waals surface area contributed by atoms with Crippen LogP contribution in [-0.2, 0) is 0 Å². The van der Waals surface area contributed by atoms with E-state index in [1.807, 2.05) is 48.7 Å². The first-order valence-corrected chi connectivity index (χ1v) is 7.29. The Morgan fingerprint density at radius 3 is 2.87 bits per heavy atom. The van der Waals surface area contributed by atoms with E-state index in [1.165, 1.54) is 0 Å². The molecule has 3 heterocycles. The average molecular weight is 296 g/mol.